The molecule has 0 N–H and O–H groups in total. The molecule has 2 atom stereocenters. The van der Waals surface area contributed by atoms with Crippen molar-refractivity contribution >= 4 is 0 Å². The monoisotopic (exact) mass is 190 g/mol. The maximum Gasteiger partial charge on any atom is 0.109 e. The highest BCUT2D eigenvalue weighted by Gasteiger charge is 2.29. The van der Waals surface area contributed by atoms with Gasteiger partial charge in [0.1, 0.15) is 5.82 Å². The van der Waals surface area contributed by atoms with E-state index in [0.717, 1.165) is 5.92 Å². The Morgan fingerprint density at radius 3 is 3.00 bits per heavy atom. The van der Waals surface area contributed by atoms with Crippen LogP contribution in [0.2, 0.25) is 0 Å². The van der Waals surface area contributed by atoms with Crippen LogP contribution in [0.15, 0.2) is 0 Å². The largest absolute Gasteiger partial charge is 0.332 e. The van der Waals surface area contributed by atoms with Gasteiger partial charge in [0.15, 0.2) is 0 Å². The van der Waals surface area contributed by atoms with Gasteiger partial charge in [0.25, 0.3) is 0 Å². The van der Waals surface area contributed by atoms with Crippen molar-refractivity contribution in [1.82, 2.24) is 9.55 Å². The minimum absolute atomic E-state index is 0.707. The quantitative estimate of drug-likeness (QED) is 0.614. The van der Waals surface area contributed by atoms with Crippen LogP contribution < -0.4 is 0 Å². The van der Waals surface area contributed by atoms with Gasteiger partial charge in [-0.3, -0.25) is 0 Å². The summed E-state index contributed by atoms with van der Waals surface area (Å²) in [5, 5.41) is 0. The summed E-state index contributed by atoms with van der Waals surface area (Å²) in [5.41, 5.74) is 2.97. The summed E-state index contributed by atoms with van der Waals surface area (Å²) in [6, 6.07) is 0. The van der Waals surface area contributed by atoms with E-state index in [9.17, 15) is 0 Å². The number of aromatic nitrogens is 2. The van der Waals surface area contributed by atoms with Gasteiger partial charge in [0.2, 0.25) is 0 Å². The standard InChI is InChI=1S/C12H18N2/c1-8-5-6-14-10-4-3-9(2)12(10)13-11(14)7-8/h8-9H,3-7H2,1-2H3. The lowest BCUT2D eigenvalue weighted by molar-refractivity contribution is 0.402. The van der Waals surface area contributed by atoms with Gasteiger partial charge in [-0.15, -0.1) is 0 Å². The Bertz CT molecular complexity index is 365. The predicted octanol–water partition coefficient (Wildman–Crippen LogP) is 2.52. The molecule has 3 rings (SSSR count). The van der Waals surface area contributed by atoms with Crippen LogP contribution in [0.4, 0.5) is 0 Å². The van der Waals surface area contributed by atoms with E-state index in [1.165, 1.54) is 43.7 Å². The number of fused-ring (bicyclic) bond motifs is 3. The molecule has 0 saturated carbocycles. The van der Waals surface area contributed by atoms with Crippen molar-refractivity contribution in [2.24, 2.45) is 5.92 Å². The fraction of sp³-hybridized carbons (Fsp3) is 0.750. The van der Waals surface area contributed by atoms with E-state index < -0.39 is 0 Å². The molecule has 1 aliphatic heterocycles. The molecule has 0 amide bonds. The summed E-state index contributed by atoms with van der Waals surface area (Å²) in [5.74, 6) is 2.90. The number of hydrogen-bond acceptors (Lipinski definition) is 1. The van der Waals surface area contributed by atoms with E-state index in [4.69, 9.17) is 4.98 Å². The number of hydrogen-bond donors (Lipinski definition) is 0. The highest BCUT2D eigenvalue weighted by Crippen LogP contribution is 2.35. The molecule has 0 bridgehead atoms. The molecule has 0 spiro atoms. The van der Waals surface area contributed by atoms with Crippen LogP contribution >= 0.6 is 0 Å². The van der Waals surface area contributed by atoms with E-state index in [0.29, 0.717) is 5.92 Å². The van der Waals surface area contributed by atoms with Crippen molar-refractivity contribution in [3.63, 3.8) is 0 Å². The van der Waals surface area contributed by atoms with E-state index in [1.54, 1.807) is 5.69 Å². The highest BCUT2D eigenvalue weighted by atomic mass is 15.1. The van der Waals surface area contributed by atoms with Gasteiger partial charge >= 0.3 is 0 Å². The lowest BCUT2D eigenvalue weighted by Gasteiger charge is -2.21. The van der Waals surface area contributed by atoms with Gasteiger partial charge in [-0.1, -0.05) is 13.8 Å². The first kappa shape index (κ1) is 8.51. The molecule has 2 nitrogen and oxygen atoms in total. The minimum atomic E-state index is 0.707. The fourth-order valence-electron chi connectivity index (χ4n) is 2.89. The summed E-state index contributed by atoms with van der Waals surface area (Å²) in [6.45, 7) is 5.87. The van der Waals surface area contributed by atoms with Crippen LogP contribution in [0.5, 0.6) is 0 Å². The van der Waals surface area contributed by atoms with Crippen LogP contribution in [0.1, 0.15) is 49.8 Å². The van der Waals surface area contributed by atoms with E-state index in [1.807, 2.05) is 0 Å². The maximum atomic E-state index is 4.83. The molecule has 1 aromatic heterocycles. The third-order valence-electron chi connectivity index (χ3n) is 3.84. The van der Waals surface area contributed by atoms with E-state index >= 15 is 0 Å². The summed E-state index contributed by atoms with van der Waals surface area (Å²) >= 11 is 0. The van der Waals surface area contributed by atoms with E-state index in [-0.39, 0.29) is 0 Å². The first-order valence-corrected chi connectivity index (χ1v) is 5.84. The zero-order valence-electron chi connectivity index (χ0n) is 9.08. The molecule has 76 valence electrons. The van der Waals surface area contributed by atoms with Crippen molar-refractivity contribution in [1.29, 1.82) is 0 Å². The van der Waals surface area contributed by atoms with Crippen molar-refractivity contribution < 1.29 is 0 Å². The van der Waals surface area contributed by atoms with Gasteiger partial charge in [-0.05, 0) is 25.2 Å². The molecule has 14 heavy (non-hydrogen) atoms. The van der Waals surface area contributed by atoms with Gasteiger partial charge < -0.3 is 4.57 Å². The second-order valence-corrected chi connectivity index (χ2v) is 5.05. The summed E-state index contributed by atoms with van der Waals surface area (Å²) < 4.78 is 2.50. The van der Waals surface area contributed by atoms with Crippen LogP contribution in [-0.2, 0) is 19.4 Å². The normalized spacial score (nSPS) is 30.1. The van der Waals surface area contributed by atoms with Crippen molar-refractivity contribution in [2.45, 2.75) is 52.0 Å². The summed E-state index contributed by atoms with van der Waals surface area (Å²) in [7, 11) is 0. The van der Waals surface area contributed by atoms with Crippen LogP contribution in [0.25, 0.3) is 0 Å². The Morgan fingerprint density at radius 2 is 2.14 bits per heavy atom. The Hall–Kier alpha value is -0.790. The van der Waals surface area contributed by atoms with Crippen molar-refractivity contribution in [2.75, 3.05) is 0 Å². The Kier molecular flexibility index (Phi) is 1.73. The molecular formula is C12H18N2. The zero-order valence-corrected chi connectivity index (χ0v) is 9.08. The topological polar surface area (TPSA) is 17.8 Å². The molecule has 2 heteroatoms. The lowest BCUT2D eigenvalue weighted by Crippen LogP contribution is -2.18. The number of rotatable bonds is 0. The van der Waals surface area contributed by atoms with Crippen molar-refractivity contribution in [3.8, 4) is 0 Å². The molecule has 2 aliphatic rings. The second kappa shape index (κ2) is 2.85. The molecule has 1 aliphatic carbocycles. The fourth-order valence-corrected chi connectivity index (χ4v) is 2.89. The van der Waals surface area contributed by atoms with Gasteiger partial charge in [0, 0.05) is 24.6 Å². The minimum Gasteiger partial charge on any atom is -0.332 e. The van der Waals surface area contributed by atoms with Crippen LogP contribution in [-0.4, -0.2) is 9.55 Å². The molecule has 0 radical (unpaired) electrons. The summed E-state index contributed by atoms with van der Waals surface area (Å²) in [4.78, 5) is 4.83. The first-order chi connectivity index (χ1) is 6.75. The summed E-state index contributed by atoms with van der Waals surface area (Å²) in [6.07, 6.45) is 5.11. The molecule has 1 aromatic rings. The number of imidazole rings is 1. The Morgan fingerprint density at radius 1 is 1.29 bits per heavy atom. The first-order valence-electron chi connectivity index (χ1n) is 5.84. The van der Waals surface area contributed by atoms with E-state index in [2.05, 4.69) is 18.4 Å². The van der Waals surface area contributed by atoms with Gasteiger partial charge in [0.05, 0.1) is 5.69 Å². The lowest BCUT2D eigenvalue weighted by atomic mass is 10.0. The predicted molar refractivity (Wildman–Crippen MR) is 56.4 cm³/mol. The maximum absolute atomic E-state index is 4.83. The molecule has 2 unspecified atom stereocenters. The smallest absolute Gasteiger partial charge is 0.109 e. The molecular weight excluding hydrogens is 172 g/mol. The Labute approximate surface area is 85.3 Å². The second-order valence-electron chi connectivity index (χ2n) is 5.05. The zero-order chi connectivity index (χ0) is 9.71. The third kappa shape index (κ3) is 1.06. The average molecular weight is 190 g/mol. The molecule has 2 heterocycles. The van der Waals surface area contributed by atoms with Crippen LogP contribution in [0.3, 0.4) is 0 Å². The SMILES string of the molecule is CC1CCn2c(nc3c2CCC3C)C1. The average Bonchev–Trinajstić information content (AvgIpc) is 2.66. The number of nitrogens with zero attached hydrogens (tertiary/aromatic N) is 2. The molecule has 0 fully saturated rings. The van der Waals surface area contributed by atoms with Crippen LogP contribution in [0, 0.1) is 5.92 Å². The van der Waals surface area contributed by atoms with Gasteiger partial charge in [-0.25, -0.2) is 4.98 Å². The highest BCUT2D eigenvalue weighted by molar-refractivity contribution is 5.27. The molecule has 0 saturated heterocycles. The Balaban J connectivity index is 2.06. The molecule has 0 aromatic carbocycles. The van der Waals surface area contributed by atoms with Crippen molar-refractivity contribution in [3.05, 3.63) is 17.2 Å². The van der Waals surface area contributed by atoms with Gasteiger partial charge in [-0.2, -0.15) is 0 Å². The third-order valence-corrected chi connectivity index (χ3v) is 3.84.